The Morgan fingerprint density at radius 3 is 2.07 bits per heavy atom. The van der Waals surface area contributed by atoms with Crippen LogP contribution in [-0.4, -0.2) is 28.4 Å². The minimum atomic E-state index is -0.118. The van der Waals surface area contributed by atoms with Gasteiger partial charge in [-0.2, -0.15) is 0 Å². The van der Waals surface area contributed by atoms with Gasteiger partial charge in [0.15, 0.2) is 11.7 Å². The molecule has 0 unspecified atom stereocenters. The van der Waals surface area contributed by atoms with Crippen LogP contribution >= 0.6 is 0 Å². The Bertz CT molecular complexity index is 2780. The van der Waals surface area contributed by atoms with Crippen LogP contribution in [0.25, 0.3) is 55.2 Å². The molecule has 9 rings (SSSR count). The van der Waals surface area contributed by atoms with Crippen molar-refractivity contribution in [2.45, 2.75) is 25.8 Å². The molecular formula is C49H37N5. The van der Waals surface area contributed by atoms with Crippen molar-refractivity contribution in [3.8, 4) is 33.5 Å². The lowest BCUT2D eigenvalue weighted by atomic mass is 9.81. The Morgan fingerprint density at radius 1 is 0.593 bits per heavy atom. The summed E-state index contributed by atoms with van der Waals surface area (Å²) in [5.41, 5.74) is 13.1. The Hall–Kier alpha value is -6.85. The van der Waals surface area contributed by atoms with Crippen molar-refractivity contribution in [3.05, 3.63) is 192 Å². The largest absolute Gasteiger partial charge is 0.264 e. The number of benzene rings is 6. The van der Waals surface area contributed by atoms with Crippen LogP contribution in [0, 0.1) is 0 Å². The maximum absolute atomic E-state index is 5.27. The van der Waals surface area contributed by atoms with Crippen molar-refractivity contribution in [2.75, 3.05) is 0 Å². The first kappa shape index (κ1) is 33.0. The van der Waals surface area contributed by atoms with Gasteiger partial charge < -0.3 is 0 Å². The minimum Gasteiger partial charge on any atom is -0.264 e. The van der Waals surface area contributed by atoms with Crippen molar-refractivity contribution in [3.63, 3.8) is 0 Å². The molecule has 2 aromatic heterocycles. The number of nitrogens with zero attached hydrogens (tertiary/aromatic N) is 5. The van der Waals surface area contributed by atoms with E-state index in [1.165, 1.54) is 22.3 Å². The molecule has 0 amide bonds. The molecule has 0 saturated carbocycles. The number of aliphatic imine (C=N–C) groups is 3. The molecular weight excluding hydrogens is 659 g/mol. The van der Waals surface area contributed by atoms with E-state index in [0.717, 1.165) is 60.8 Å². The number of rotatable bonds is 6. The van der Waals surface area contributed by atoms with Crippen LogP contribution in [0.4, 0.5) is 0 Å². The van der Waals surface area contributed by atoms with Crippen LogP contribution in [0.1, 0.15) is 41.7 Å². The van der Waals surface area contributed by atoms with Crippen molar-refractivity contribution >= 4 is 40.1 Å². The maximum Gasteiger partial charge on any atom is 0.161 e. The second-order valence-corrected chi connectivity index (χ2v) is 14.2. The topological polar surface area (TPSA) is 62.9 Å². The second-order valence-electron chi connectivity index (χ2n) is 14.2. The average molecular weight is 696 g/mol. The van der Waals surface area contributed by atoms with E-state index in [4.69, 9.17) is 15.0 Å². The average Bonchev–Trinajstić information content (AvgIpc) is 3.46. The molecule has 5 nitrogen and oxygen atoms in total. The molecule has 0 aliphatic heterocycles. The molecule has 258 valence electrons. The van der Waals surface area contributed by atoms with E-state index in [0.29, 0.717) is 18.2 Å². The van der Waals surface area contributed by atoms with Gasteiger partial charge in [0.2, 0.25) is 0 Å². The fourth-order valence-corrected chi connectivity index (χ4v) is 7.81. The molecule has 5 heteroatoms. The summed E-state index contributed by atoms with van der Waals surface area (Å²) in [6.07, 6.45) is 3.78. The normalized spacial score (nSPS) is 13.5. The van der Waals surface area contributed by atoms with Gasteiger partial charge in [-0.1, -0.05) is 129 Å². The zero-order chi connectivity index (χ0) is 36.6. The third-order valence-electron chi connectivity index (χ3n) is 10.5. The predicted octanol–water partition coefficient (Wildman–Crippen LogP) is 11.5. The SMILES string of the molecule is C=NC(=NC(=NCc1cc(-c2ccc3c(c2)C(C)(C)c2ccccc2-3)cc(-c2nc3ccccc3c3ccncc23)c1)c1ccccc1)c1ccccc1. The minimum absolute atomic E-state index is 0.118. The highest BCUT2D eigenvalue weighted by atomic mass is 15.0. The highest BCUT2D eigenvalue weighted by Crippen LogP contribution is 2.49. The van der Waals surface area contributed by atoms with Crippen LogP contribution in [0.5, 0.6) is 0 Å². The van der Waals surface area contributed by atoms with Crippen LogP contribution in [-0.2, 0) is 12.0 Å². The Labute approximate surface area is 315 Å². The van der Waals surface area contributed by atoms with Gasteiger partial charge in [0.25, 0.3) is 0 Å². The van der Waals surface area contributed by atoms with Gasteiger partial charge in [-0.15, -0.1) is 0 Å². The zero-order valence-electron chi connectivity index (χ0n) is 30.2. The van der Waals surface area contributed by atoms with Gasteiger partial charge >= 0.3 is 0 Å². The molecule has 2 heterocycles. The van der Waals surface area contributed by atoms with Crippen LogP contribution in [0.2, 0.25) is 0 Å². The third-order valence-corrected chi connectivity index (χ3v) is 10.5. The smallest absolute Gasteiger partial charge is 0.161 e. The Balaban J connectivity index is 1.23. The number of fused-ring (bicyclic) bond motifs is 6. The summed E-state index contributed by atoms with van der Waals surface area (Å²) < 4.78 is 0. The molecule has 0 saturated heterocycles. The van der Waals surface area contributed by atoms with Crippen molar-refractivity contribution in [1.82, 2.24) is 9.97 Å². The molecule has 1 aliphatic rings. The van der Waals surface area contributed by atoms with Gasteiger partial charge in [0, 0.05) is 45.3 Å². The highest BCUT2D eigenvalue weighted by Gasteiger charge is 2.35. The van der Waals surface area contributed by atoms with E-state index in [2.05, 4.69) is 115 Å². The van der Waals surface area contributed by atoms with Gasteiger partial charge in [-0.25, -0.2) is 15.0 Å². The van der Waals surface area contributed by atoms with Crippen LogP contribution in [0.3, 0.4) is 0 Å². The summed E-state index contributed by atoms with van der Waals surface area (Å²) in [4.78, 5) is 24.3. The first-order valence-corrected chi connectivity index (χ1v) is 18.2. The van der Waals surface area contributed by atoms with E-state index in [-0.39, 0.29) is 5.41 Å². The molecule has 0 N–H and O–H groups in total. The van der Waals surface area contributed by atoms with Gasteiger partial charge in [0.1, 0.15) is 0 Å². The van der Waals surface area contributed by atoms with E-state index >= 15 is 0 Å². The molecule has 0 spiro atoms. The standard InChI is InChI=1S/C49H37N5/c1-49(2)43-20-12-10-18-39(43)40-23-22-35(29-44(40)49)36-26-32(27-37(28-36)46-42-31-51-25-24-38(42)41-19-11-13-21-45(41)53-46)30-52-48(34-16-8-5-9-17-34)54-47(50-3)33-14-6-4-7-15-33/h4-29,31H,3,30H2,1-2H3. The summed E-state index contributed by atoms with van der Waals surface area (Å²) >= 11 is 0. The highest BCUT2D eigenvalue weighted by molar-refractivity contribution is 6.13. The fraction of sp³-hybridized carbons (Fsp3) is 0.0816. The molecule has 6 aromatic carbocycles. The van der Waals surface area contributed by atoms with Crippen LogP contribution < -0.4 is 0 Å². The van der Waals surface area contributed by atoms with Crippen molar-refractivity contribution in [1.29, 1.82) is 0 Å². The quantitative estimate of drug-likeness (QED) is 0.0987. The third kappa shape index (κ3) is 5.90. The first-order chi connectivity index (χ1) is 26.5. The number of para-hydroxylation sites is 1. The lowest BCUT2D eigenvalue weighted by Gasteiger charge is -2.22. The van der Waals surface area contributed by atoms with E-state index < -0.39 is 0 Å². The van der Waals surface area contributed by atoms with Gasteiger partial charge in [0.05, 0.1) is 17.8 Å². The summed E-state index contributed by atoms with van der Waals surface area (Å²) in [6.45, 7) is 8.87. The Kier molecular flexibility index (Phi) is 8.32. The van der Waals surface area contributed by atoms with Gasteiger partial charge in [-0.3, -0.25) is 9.98 Å². The molecule has 8 aromatic rings. The summed E-state index contributed by atoms with van der Waals surface area (Å²) in [5.74, 6) is 1.11. The second kappa shape index (κ2) is 13.6. The molecule has 0 atom stereocenters. The molecule has 0 bridgehead atoms. The number of aromatic nitrogens is 2. The zero-order valence-corrected chi connectivity index (χ0v) is 30.2. The fourth-order valence-electron chi connectivity index (χ4n) is 7.81. The number of pyridine rings is 2. The summed E-state index contributed by atoms with van der Waals surface area (Å²) in [6, 6.07) is 52.7. The number of amidine groups is 2. The number of hydrogen-bond donors (Lipinski definition) is 0. The molecule has 0 radical (unpaired) electrons. The Morgan fingerprint density at radius 2 is 1.28 bits per heavy atom. The lowest BCUT2D eigenvalue weighted by Crippen LogP contribution is -2.14. The number of hydrogen-bond acceptors (Lipinski definition) is 3. The van der Waals surface area contributed by atoms with Crippen molar-refractivity contribution in [2.24, 2.45) is 15.0 Å². The monoisotopic (exact) mass is 695 g/mol. The summed E-state index contributed by atoms with van der Waals surface area (Å²) in [5, 5.41) is 3.24. The predicted molar refractivity (Wildman–Crippen MR) is 225 cm³/mol. The maximum atomic E-state index is 5.27. The van der Waals surface area contributed by atoms with Crippen molar-refractivity contribution < 1.29 is 0 Å². The summed E-state index contributed by atoms with van der Waals surface area (Å²) in [7, 11) is 0. The van der Waals surface area contributed by atoms with E-state index in [1.807, 2.05) is 79.1 Å². The first-order valence-electron chi connectivity index (χ1n) is 18.2. The van der Waals surface area contributed by atoms with E-state index in [9.17, 15) is 0 Å². The van der Waals surface area contributed by atoms with E-state index in [1.54, 1.807) is 0 Å². The molecule has 54 heavy (non-hydrogen) atoms. The lowest BCUT2D eigenvalue weighted by molar-refractivity contribution is 0.660. The molecule has 0 fully saturated rings. The van der Waals surface area contributed by atoms with Crippen LogP contribution in [0.15, 0.2) is 179 Å². The van der Waals surface area contributed by atoms with Gasteiger partial charge in [-0.05, 0) is 87.4 Å². The molecule has 1 aliphatic carbocycles.